The third-order valence-electron chi connectivity index (χ3n) is 2.84. The van der Waals surface area contributed by atoms with Crippen LogP contribution in [0, 0.1) is 12.8 Å². The van der Waals surface area contributed by atoms with Gasteiger partial charge in [0.15, 0.2) is 0 Å². The van der Waals surface area contributed by atoms with Crippen LogP contribution in [0.2, 0.25) is 0 Å². The van der Waals surface area contributed by atoms with E-state index in [4.69, 9.17) is 0 Å². The highest BCUT2D eigenvalue weighted by Gasteiger charge is 2.16. The number of carbonyl (C=O) groups is 1. The van der Waals surface area contributed by atoms with Crippen LogP contribution in [0.15, 0.2) is 5.38 Å². The molecule has 0 bridgehead atoms. The molecule has 6 heteroatoms. The Morgan fingerprint density at radius 3 is 2.82 bits per heavy atom. The largest absolute Gasteiger partial charge is 0.293 e. The van der Waals surface area contributed by atoms with Gasteiger partial charge in [0.25, 0.3) is 0 Å². The normalized spacial score (nSPS) is 11.3. The first-order valence-corrected chi connectivity index (χ1v) is 6.65. The van der Waals surface area contributed by atoms with E-state index in [9.17, 15) is 4.79 Å². The summed E-state index contributed by atoms with van der Waals surface area (Å²) >= 11 is 1.52. The SMILES string of the molecule is CCC(CC)C(=O)Nc1nc2scc(C)n2n1. The van der Waals surface area contributed by atoms with Crippen molar-refractivity contribution < 1.29 is 4.79 Å². The zero-order valence-electron chi connectivity index (χ0n) is 10.2. The van der Waals surface area contributed by atoms with Crippen molar-refractivity contribution >= 4 is 28.2 Å². The number of hydrogen-bond acceptors (Lipinski definition) is 4. The Morgan fingerprint density at radius 2 is 2.24 bits per heavy atom. The smallest absolute Gasteiger partial charge is 0.250 e. The van der Waals surface area contributed by atoms with Gasteiger partial charge in [-0.25, -0.2) is 4.52 Å². The Kier molecular flexibility index (Phi) is 3.42. The number of aryl methyl sites for hydroxylation is 1. The minimum atomic E-state index is 0.00547. The highest BCUT2D eigenvalue weighted by atomic mass is 32.1. The number of aromatic nitrogens is 3. The third kappa shape index (κ3) is 2.31. The van der Waals surface area contributed by atoms with Crippen molar-refractivity contribution in [2.24, 2.45) is 5.92 Å². The average molecular weight is 252 g/mol. The molecule has 0 saturated carbocycles. The lowest BCUT2D eigenvalue weighted by Gasteiger charge is -2.09. The molecule has 0 aliphatic rings. The van der Waals surface area contributed by atoms with E-state index in [-0.39, 0.29) is 11.8 Å². The molecule has 0 spiro atoms. The number of anilines is 1. The van der Waals surface area contributed by atoms with Crippen molar-refractivity contribution in [3.8, 4) is 0 Å². The van der Waals surface area contributed by atoms with Crippen LogP contribution in [0.3, 0.4) is 0 Å². The molecule has 0 aliphatic heterocycles. The van der Waals surface area contributed by atoms with Gasteiger partial charge in [0.2, 0.25) is 16.8 Å². The van der Waals surface area contributed by atoms with E-state index in [1.165, 1.54) is 11.3 Å². The van der Waals surface area contributed by atoms with Gasteiger partial charge in [0.05, 0.1) is 5.69 Å². The van der Waals surface area contributed by atoms with Gasteiger partial charge >= 0.3 is 0 Å². The summed E-state index contributed by atoms with van der Waals surface area (Å²) in [6, 6.07) is 0. The number of nitrogens with one attached hydrogen (secondary N) is 1. The first-order chi connectivity index (χ1) is 8.15. The minimum Gasteiger partial charge on any atom is -0.293 e. The quantitative estimate of drug-likeness (QED) is 0.909. The monoisotopic (exact) mass is 252 g/mol. The van der Waals surface area contributed by atoms with Gasteiger partial charge in [0, 0.05) is 11.3 Å². The van der Waals surface area contributed by atoms with Gasteiger partial charge < -0.3 is 0 Å². The molecule has 1 N–H and O–H groups in total. The van der Waals surface area contributed by atoms with Crippen LogP contribution < -0.4 is 5.32 Å². The lowest BCUT2D eigenvalue weighted by atomic mass is 10.0. The maximum absolute atomic E-state index is 11.9. The lowest BCUT2D eigenvalue weighted by molar-refractivity contribution is -0.120. The maximum Gasteiger partial charge on any atom is 0.250 e. The van der Waals surface area contributed by atoms with E-state index in [0.717, 1.165) is 23.5 Å². The molecule has 2 aromatic rings. The van der Waals surface area contributed by atoms with Gasteiger partial charge in [-0.05, 0) is 19.8 Å². The molecule has 2 heterocycles. The number of nitrogens with zero attached hydrogens (tertiary/aromatic N) is 3. The van der Waals surface area contributed by atoms with Crippen molar-refractivity contribution in [3.05, 3.63) is 11.1 Å². The summed E-state index contributed by atoms with van der Waals surface area (Å²) in [5, 5.41) is 9.01. The number of fused-ring (bicyclic) bond motifs is 1. The molecule has 0 atom stereocenters. The van der Waals surface area contributed by atoms with Gasteiger partial charge in [-0.3, -0.25) is 10.1 Å². The predicted molar refractivity (Wildman–Crippen MR) is 68.3 cm³/mol. The molecule has 1 amide bonds. The Morgan fingerprint density at radius 1 is 1.53 bits per heavy atom. The Hall–Kier alpha value is -1.43. The zero-order valence-corrected chi connectivity index (χ0v) is 11.0. The van der Waals surface area contributed by atoms with Crippen molar-refractivity contribution in [3.63, 3.8) is 0 Å². The molecule has 0 aliphatic carbocycles. The number of hydrogen-bond donors (Lipinski definition) is 1. The molecule has 0 fully saturated rings. The van der Waals surface area contributed by atoms with E-state index >= 15 is 0 Å². The van der Waals surface area contributed by atoms with E-state index in [2.05, 4.69) is 15.4 Å². The summed E-state index contributed by atoms with van der Waals surface area (Å²) in [4.78, 5) is 16.9. The number of carbonyl (C=O) groups excluding carboxylic acids is 1. The van der Waals surface area contributed by atoms with E-state index in [1.807, 2.05) is 26.2 Å². The lowest BCUT2D eigenvalue weighted by Crippen LogP contribution is -2.22. The highest BCUT2D eigenvalue weighted by Crippen LogP contribution is 2.16. The summed E-state index contributed by atoms with van der Waals surface area (Å²) in [5.41, 5.74) is 1.03. The summed E-state index contributed by atoms with van der Waals surface area (Å²) in [7, 11) is 0. The molecule has 0 radical (unpaired) electrons. The first kappa shape index (κ1) is 12.0. The van der Waals surface area contributed by atoms with Crippen molar-refractivity contribution in [1.29, 1.82) is 0 Å². The van der Waals surface area contributed by atoms with Crippen LogP contribution in [0.5, 0.6) is 0 Å². The second-order valence-corrected chi connectivity index (χ2v) is 4.85. The van der Waals surface area contributed by atoms with Crippen LogP contribution in [0.25, 0.3) is 4.96 Å². The first-order valence-electron chi connectivity index (χ1n) is 5.77. The van der Waals surface area contributed by atoms with Crippen LogP contribution in [-0.2, 0) is 4.79 Å². The van der Waals surface area contributed by atoms with E-state index in [0.29, 0.717) is 5.95 Å². The Balaban J connectivity index is 2.15. The van der Waals surface area contributed by atoms with Gasteiger partial charge in [0.1, 0.15) is 0 Å². The molecule has 2 rings (SSSR count). The van der Waals surface area contributed by atoms with Crippen molar-refractivity contribution in [2.75, 3.05) is 5.32 Å². The molecule has 5 nitrogen and oxygen atoms in total. The maximum atomic E-state index is 11.9. The fraction of sp³-hybridized carbons (Fsp3) is 0.545. The molecule has 0 aromatic carbocycles. The van der Waals surface area contributed by atoms with Crippen LogP contribution in [0.1, 0.15) is 32.4 Å². The average Bonchev–Trinajstić information content (AvgIpc) is 2.83. The molecule has 92 valence electrons. The van der Waals surface area contributed by atoms with Crippen molar-refractivity contribution in [2.45, 2.75) is 33.6 Å². The molecule has 0 unspecified atom stereocenters. The van der Waals surface area contributed by atoms with Crippen molar-refractivity contribution in [1.82, 2.24) is 14.6 Å². The number of amides is 1. The third-order valence-corrected chi connectivity index (χ3v) is 3.77. The van der Waals surface area contributed by atoms with Gasteiger partial charge in [-0.2, -0.15) is 4.98 Å². The Bertz CT molecular complexity index is 527. The highest BCUT2D eigenvalue weighted by molar-refractivity contribution is 7.15. The summed E-state index contributed by atoms with van der Waals surface area (Å²) in [6.45, 7) is 5.98. The molecular formula is C11H16N4OS. The fourth-order valence-electron chi connectivity index (χ4n) is 1.72. The van der Waals surface area contributed by atoms with E-state index < -0.39 is 0 Å². The van der Waals surface area contributed by atoms with Crippen LogP contribution >= 0.6 is 11.3 Å². The summed E-state index contributed by atoms with van der Waals surface area (Å²) < 4.78 is 1.74. The Labute approximate surface area is 104 Å². The van der Waals surface area contributed by atoms with Gasteiger partial charge in [-0.1, -0.05) is 13.8 Å². The summed E-state index contributed by atoms with van der Waals surface area (Å²) in [6.07, 6.45) is 1.67. The summed E-state index contributed by atoms with van der Waals surface area (Å²) in [5.74, 6) is 0.445. The number of rotatable bonds is 4. The zero-order chi connectivity index (χ0) is 12.4. The second kappa shape index (κ2) is 4.83. The molecule has 17 heavy (non-hydrogen) atoms. The second-order valence-electron chi connectivity index (χ2n) is 4.01. The fourth-order valence-corrected chi connectivity index (χ4v) is 2.52. The molecule has 0 saturated heterocycles. The minimum absolute atomic E-state index is 0.00547. The van der Waals surface area contributed by atoms with E-state index in [1.54, 1.807) is 4.52 Å². The topological polar surface area (TPSA) is 59.3 Å². The standard InChI is InChI=1S/C11H16N4OS/c1-4-8(5-2)9(16)12-10-13-11-15(14-10)7(3)6-17-11/h6,8H,4-5H2,1-3H3,(H,12,14,16). The predicted octanol–water partition coefficient (Wildman–Crippen LogP) is 2.47. The van der Waals surface area contributed by atoms with Crippen LogP contribution in [0.4, 0.5) is 5.95 Å². The van der Waals surface area contributed by atoms with Gasteiger partial charge in [-0.15, -0.1) is 16.4 Å². The number of thiazole rings is 1. The molecule has 2 aromatic heterocycles. The van der Waals surface area contributed by atoms with Crippen LogP contribution in [-0.4, -0.2) is 20.5 Å². The molecular weight excluding hydrogens is 236 g/mol.